The Morgan fingerprint density at radius 2 is 1.46 bits per heavy atom. The number of hydrogen-bond acceptors (Lipinski definition) is 8. The van der Waals surface area contributed by atoms with Crippen molar-refractivity contribution < 1.29 is 17.6 Å². The zero-order valence-corrected chi connectivity index (χ0v) is 28.8. The van der Waals surface area contributed by atoms with E-state index in [1.165, 1.54) is 4.68 Å². The van der Waals surface area contributed by atoms with E-state index in [1.807, 2.05) is 25.1 Å². The first kappa shape index (κ1) is 40.4. The molecule has 0 aliphatic carbocycles. The van der Waals surface area contributed by atoms with E-state index in [1.54, 1.807) is 104 Å². The summed E-state index contributed by atoms with van der Waals surface area (Å²) in [6.07, 6.45) is 11.8. The van der Waals surface area contributed by atoms with Gasteiger partial charge in [-0.1, -0.05) is 71.1 Å². The lowest BCUT2D eigenvalue weighted by molar-refractivity contribution is -0.638. The van der Waals surface area contributed by atoms with Crippen LogP contribution in [-0.4, -0.2) is 32.6 Å². The molecule has 0 saturated heterocycles. The maximum absolute atomic E-state index is 10.9. The van der Waals surface area contributed by atoms with Crippen molar-refractivity contribution in [2.24, 2.45) is 0 Å². The Bertz CT molecular complexity index is 2300. The number of nitrogens with zero attached hydrogens (tertiary/aromatic N) is 7. The van der Waals surface area contributed by atoms with Gasteiger partial charge in [0, 0.05) is 23.9 Å². The van der Waals surface area contributed by atoms with E-state index in [0.717, 1.165) is 22.3 Å². The lowest BCUT2D eigenvalue weighted by Gasteiger charge is -2.07. The van der Waals surface area contributed by atoms with Crippen molar-refractivity contribution in [3.8, 4) is 35.7 Å². The van der Waals surface area contributed by atoms with Crippen LogP contribution in [0.3, 0.4) is 0 Å². The number of hydrogen-bond donors (Lipinski definition) is 2. The molecule has 14 heteroatoms. The minimum atomic E-state index is -4.08. The molecule has 0 aliphatic heterocycles. The number of nitriles is 2. The Balaban J connectivity index is 0.000000241. The van der Waals surface area contributed by atoms with Crippen LogP contribution in [0.4, 0.5) is 0 Å². The van der Waals surface area contributed by atoms with E-state index < -0.39 is 10.1 Å². The third-order valence-electron chi connectivity index (χ3n) is 6.35. The minimum Gasteiger partial charge on any atom is -0.282 e. The zero-order valence-electron chi connectivity index (χ0n) is 26.5. The molecular weight excluding hydrogens is 695 g/mol. The van der Waals surface area contributed by atoms with E-state index in [0.29, 0.717) is 38.3 Å². The van der Waals surface area contributed by atoms with Gasteiger partial charge in [-0.3, -0.25) is 4.55 Å². The number of aromatic nitrogens is 5. The van der Waals surface area contributed by atoms with Gasteiger partial charge in [0.25, 0.3) is 10.1 Å². The van der Waals surface area contributed by atoms with Gasteiger partial charge in [-0.2, -0.15) is 24.0 Å². The van der Waals surface area contributed by atoms with Gasteiger partial charge in [0.05, 0.1) is 45.6 Å². The number of benzene rings is 1. The fourth-order valence-electron chi connectivity index (χ4n) is 4.38. The third kappa shape index (κ3) is 11.7. The number of nitrogens with two attached hydrogens (primary N) is 1. The molecule has 6 aromatic rings. The summed E-state index contributed by atoms with van der Waals surface area (Å²) in [5.74, 6) is 7.66. The van der Waals surface area contributed by atoms with Crippen LogP contribution >= 0.6 is 23.2 Å². The van der Waals surface area contributed by atoms with Crippen LogP contribution < -0.4 is 10.5 Å². The SMILES string of the molecule is C.C#Cc1cccc(Cl)n1.Cc1cc(C)c(S(=O)(=O)O)c(C)c1.N#Cc1cc[n+](N)cc1.N#Cc1ccn2ncc(-c3cccc(Cl)n3)c2c1. The molecule has 0 unspecified atom stereocenters. The van der Waals surface area contributed by atoms with Gasteiger partial charge in [-0.25, -0.2) is 20.3 Å². The predicted octanol–water partition coefficient (Wildman–Crippen LogP) is 6.69. The van der Waals surface area contributed by atoms with E-state index >= 15 is 0 Å². The second-order valence-electron chi connectivity index (χ2n) is 10.1. The molecule has 0 saturated carbocycles. The number of fused-ring (bicyclic) bond motifs is 1. The molecule has 0 aliphatic rings. The average molecular weight is 729 g/mol. The van der Waals surface area contributed by atoms with Crippen LogP contribution in [0.5, 0.6) is 0 Å². The van der Waals surface area contributed by atoms with Crippen LogP contribution in [0.25, 0.3) is 16.8 Å². The molecule has 0 radical (unpaired) electrons. The molecule has 0 atom stereocenters. The Labute approximate surface area is 301 Å². The lowest BCUT2D eigenvalue weighted by Crippen LogP contribution is -2.43. The van der Waals surface area contributed by atoms with Gasteiger partial charge >= 0.3 is 0 Å². The van der Waals surface area contributed by atoms with Crippen LogP contribution in [0.2, 0.25) is 10.3 Å². The summed E-state index contributed by atoms with van der Waals surface area (Å²) in [7, 11) is -4.08. The summed E-state index contributed by atoms with van der Waals surface area (Å²) in [5.41, 5.74) is 6.37. The van der Waals surface area contributed by atoms with Crippen molar-refractivity contribution >= 4 is 38.8 Å². The van der Waals surface area contributed by atoms with Gasteiger partial charge in [0.2, 0.25) is 12.4 Å². The lowest BCUT2D eigenvalue weighted by atomic mass is 10.1. The number of nitrogen functional groups attached to an aromatic ring is 1. The number of pyridine rings is 4. The Kier molecular flexibility index (Phi) is 15.1. The average Bonchev–Trinajstić information content (AvgIpc) is 3.48. The third-order valence-corrected chi connectivity index (χ3v) is 7.93. The largest absolute Gasteiger partial charge is 0.295 e. The van der Waals surface area contributed by atoms with Crippen molar-refractivity contribution in [2.45, 2.75) is 33.1 Å². The Morgan fingerprint density at radius 3 is 1.96 bits per heavy atom. The maximum Gasteiger partial charge on any atom is 0.295 e. The van der Waals surface area contributed by atoms with Crippen molar-refractivity contribution in [3.05, 3.63) is 141 Å². The van der Waals surface area contributed by atoms with E-state index in [-0.39, 0.29) is 12.3 Å². The van der Waals surface area contributed by atoms with E-state index in [2.05, 4.69) is 27.1 Å². The smallest absolute Gasteiger partial charge is 0.282 e. The molecule has 0 fully saturated rings. The first-order valence-corrected chi connectivity index (χ1v) is 16.3. The summed E-state index contributed by atoms with van der Waals surface area (Å²) in [5, 5.41) is 22.3. The number of rotatable bonds is 2. The first-order valence-electron chi connectivity index (χ1n) is 14.1. The fourth-order valence-corrected chi connectivity index (χ4v) is 5.64. The summed E-state index contributed by atoms with van der Waals surface area (Å²) >= 11 is 11.4. The molecule has 0 spiro atoms. The van der Waals surface area contributed by atoms with E-state index in [9.17, 15) is 8.42 Å². The highest BCUT2D eigenvalue weighted by Gasteiger charge is 2.16. The van der Waals surface area contributed by atoms with Gasteiger partial charge in [-0.05, 0) is 68.3 Å². The number of halogens is 2. The molecule has 50 heavy (non-hydrogen) atoms. The summed E-state index contributed by atoms with van der Waals surface area (Å²) in [4.78, 5) is 8.10. The molecule has 0 amide bonds. The minimum absolute atomic E-state index is 0. The maximum atomic E-state index is 10.9. The van der Waals surface area contributed by atoms with Crippen molar-refractivity contribution in [1.29, 1.82) is 10.5 Å². The van der Waals surface area contributed by atoms with Crippen LogP contribution in [0.1, 0.15) is 40.9 Å². The number of terminal acetylenes is 1. The highest BCUT2D eigenvalue weighted by molar-refractivity contribution is 7.86. The Morgan fingerprint density at radius 1 is 0.880 bits per heavy atom. The standard InChI is InChI=1S/C13H7ClN4.C9H12O3S.C7H4ClN.C6H6N3.CH4/c14-13-3-1-2-11(17-13)10-8-16-18-5-4-9(7-15)6-12(10)18;1-6-4-7(2)9(8(3)5-6)13(10,11)12;1-2-6-4-3-5-7(8)9-6;7-5-6-1-3-9(8)4-2-6;/h1-6,8H;4-5H,1-3H3,(H,10,11,12);1,3-5H;1-4H,8H2;1H4/q;;;+1;. The van der Waals surface area contributed by atoms with Crippen molar-refractivity contribution in [3.63, 3.8) is 0 Å². The second kappa shape index (κ2) is 18.7. The molecule has 0 bridgehead atoms. The molecule has 1 aromatic carbocycles. The quantitative estimate of drug-likeness (QED) is 0.0647. The van der Waals surface area contributed by atoms with Gasteiger partial charge in [0.1, 0.15) is 16.0 Å². The van der Waals surface area contributed by atoms with Gasteiger partial charge in [-0.15, -0.1) is 6.42 Å². The molecular formula is C36H33Cl2N8O3S+. The topological polar surface area (TPSA) is 175 Å². The van der Waals surface area contributed by atoms with Gasteiger partial charge < -0.3 is 0 Å². The molecule has 11 nitrogen and oxygen atoms in total. The summed E-state index contributed by atoms with van der Waals surface area (Å²) in [6.45, 7) is 5.22. The van der Waals surface area contributed by atoms with Crippen molar-refractivity contribution in [2.75, 3.05) is 5.84 Å². The molecule has 5 heterocycles. The predicted molar refractivity (Wildman–Crippen MR) is 194 cm³/mol. The fraction of sp³-hybridized carbons (Fsp3) is 0.111. The van der Waals surface area contributed by atoms with Crippen LogP contribution in [0, 0.1) is 55.8 Å². The van der Waals surface area contributed by atoms with Crippen LogP contribution in [-0.2, 0) is 10.1 Å². The highest BCUT2D eigenvalue weighted by Crippen LogP contribution is 2.24. The normalized spacial score (nSPS) is 9.82. The molecule has 254 valence electrons. The number of aryl methyl sites for hydroxylation is 3. The summed E-state index contributed by atoms with van der Waals surface area (Å²) in [6, 6.07) is 25.0. The van der Waals surface area contributed by atoms with E-state index in [4.69, 9.17) is 50.5 Å². The molecule has 6 rings (SSSR count). The molecule has 3 N–H and O–H groups in total. The van der Waals surface area contributed by atoms with Crippen molar-refractivity contribution in [1.82, 2.24) is 19.6 Å². The highest BCUT2D eigenvalue weighted by atomic mass is 35.5. The first-order chi connectivity index (χ1) is 23.2. The Hall–Kier alpha value is -5.81. The summed E-state index contributed by atoms with van der Waals surface area (Å²) < 4.78 is 33.9. The molecule has 5 aromatic heterocycles. The monoisotopic (exact) mass is 727 g/mol. The second-order valence-corrected chi connectivity index (χ2v) is 12.2. The van der Waals surface area contributed by atoms with Crippen LogP contribution in [0.15, 0.2) is 102 Å². The zero-order chi connectivity index (χ0) is 36.1. The van der Waals surface area contributed by atoms with Gasteiger partial charge in [0.15, 0.2) is 0 Å².